The third kappa shape index (κ3) is 1.28. The van der Waals surface area contributed by atoms with Crippen LogP contribution in [0.15, 0.2) is 12.1 Å². The average molecular weight is 203 g/mol. The van der Waals surface area contributed by atoms with Crippen molar-refractivity contribution in [2.45, 2.75) is 19.8 Å². The maximum atomic E-state index is 11.9. The molecule has 15 heavy (non-hydrogen) atoms. The minimum Gasteiger partial charge on any atom is -0.367 e. The van der Waals surface area contributed by atoms with Gasteiger partial charge in [-0.25, -0.2) is 4.98 Å². The molecule has 1 saturated carbocycles. The summed E-state index contributed by atoms with van der Waals surface area (Å²) in [5, 5.41) is 6.19. The first-order chi connectivity index (χ1) is 7.20. The Hall–Kier alpha value is -1.58. The highest BCUT2D eigenvalue weighted by Crippen LogP contribution is 2.48. The summed E-state index contributed by atoms with van der Waals surface area (Å²) in [6.45, 7) is 2.66. The van der Waals surface area contributed by atoms with E-state index in [0.717, 1.165) is 30.0 Å². The Bertz CT molecular complexity index is 437. The Labute approximate surface area is 88.1 Å². The maximum absolute atomic E-state index is 11.9. The fourth-order valence-electron chi connectivity index (χ4n) is 1.94. The molecule has 0 unspecified atom stereocenters. The molecule has 1 aromatic rings. The zero-order valence-electron chi connectivity index (χ0n) is 8.63. The lowest BCUT2D eigenvalue weighted by Gasteiger charge is -2.08. The Morgan fingerprint density at radius 2 is 2.20 bits per heavy atom. The summed E-state index contributed by atoms with van der Waals surface area (Å²) in [4.78, 5) is 16.2. The number of hydrogen-bond acceptors (Lipinski definition) is 3. The van der Waals surface area contributed by atoms with E-state index in [1.165, 1.54) is 0 Å². The molecule has 4 heteroatoms. The molecule has 1 aliphatic carbocycles. The number of carbonyl (C=O) groups is 1. The van der Waals surface area contributed by atoms with E-state index >= 15 is 0 Å². The van der Waals surface area contributed by atoms with Crippen molar-refractivity contribution in [2.24, 2.45) is 5.41 Å². The van der Waals surface area contributed by atoms with E-state index in [-0.39, 0.29) is 11.3 Å². The van der Waals surface area contributed by atoms with Crippen molar-refractivity contribution in [3.05, 3.63) is 17.8 Å². The number of fused-ring (bicyclic) bond motifs is 1. The van der Waals surface area contributed by atoms with Crippen LogP contribution in [0.2, 0.25) is 0 Å². The van der Waals surface area contributed by atoms with Crippen molar-refractivity contribution in [2.75, 3.05) is 17.2 Å². The number of amides is 1. The van der Waals surface area contributed by atoms with Crippen LogP contribution in [0.4, 0.5) is 11.5 Å². The van der Waals surface area contributed by atoms with Gasteiger partial charge in [0.2, 0.25) is 5.91 Å². The number of hydrogen-bond donors (Lipinski definition) is 2. The lowest BCUT2D eigenvalue weighted by Crippen LogP contribution is -2.27. The van der Waals surface area contributed by atoms with Crippen molar-refractivity contribution < 1.29 is 4.79 Å². The number of pyridine rings is 1. The van der Waals surface area contributed by atoms with Crippen molar-refractivity contribution >= 4 is 17.4 Å². The van der Waals surface area contributed by atoms with Gasteiger partial charge in [0.15, 0.2) is 0 Å². The predicted octanol–water partition coefficient (Wildman–Crippen LogP) is 1.53. The first-order valence-corrected chi connectivity index (χ1v) is 5.23. The van der Waals surface area contributed by atoms with Gasteiger partial charge in [0.1, 0.15) is 5.82 Å². The van der Waals surface area contributed by atoms with Crippen molar-refractivity contribution in [1.82, 2.24) is 4.98 Å². The van der Waals surface area contributed by atoms with Gasteiger partial charge in [-0.15, -0.1) is 0 Å². The average Bonchev–Trinajstić information content (AvgIpc) is 3.00. The van der Waals surface area contributed by atoms with E-state index in [0.29, 0.717) is 6.54 Å². The summed E-state index contributed by atoms with van der Waals surface area (Å²) in [5.74, 6) is 0.937. The quantitative estimate of drug-likeness (QED) is 0.672. The van der Waals surface area contributed by atoms with Gasteiger partial charge in [0, 0.05) is 12.2 Å². The van der Waals surface area contributed by atoms with Crippen molar-refractivity contribution in [3.8, 4) is 0 Å². The van der Waals surface area contributed by atoms with Crippen LogP contribution in [0.5, 0.6) is 0 Å². The van der Waals surface area contributed by atoms with E-state index in [4.69, 9.17) is 0 Å². The van der Waals surface area contributed by atoms with Crippen molar-refractivity contribution in [1.29, 1.82) is 0 Å². The highest BCUT2D eigenvalue weighted by molar-refractivity contribution is 6.00. The molecule has 0 aromatic carbocycles. The number of aryl methyl sites for hydroxylation is 1. The molecule has 78 valence electrons. The summed E-state index contributed by atoms with van der Waals surface area (Å²) >= 11 is 0. The smallest absolute Gasteiger partial charge is 0.232 e. The molecular weight excluding hydrogens is 190 g/mol. The minimum absolute atomic E-state index is 0.138. The predicted molar refractivity (Wildman–Crippen MR) is 57.8 cm³/mol. The summed E-state index contributed by atoms with van der Waals surface area (Å²) < 4.78 is 0. The fraction of sp³-hybridized carbons (Fsp3) is 0.455. The topological polar surface area (TPSA) is 54.0 Å². The molecule has 1 spiro atoms. The third-order valence-corrected chi connectivity index (χ3v) is 3.21. The molecule has 1 aliphatic heterocycles. The zero-order chi connectivity index (χ0) is 10.5. The van der Waals surface area contributed by atoms with Gasteiger partial charge in [-0.3, -0.25) is 4.79 Å². The Morgan fingerprint density at radius 1 is 1.40 bits per heavy atom. The van der Waals surface area contributed by atoms with E-state index in [2.05, 4.69) is 15.6 Å². The highest BCUT2D eigenvalue weighted by atomic mass is 16.2. The number of rotatable bonds is 0. The standard InChI is InChI=1S/C11H13N3O/c1-7-2-3-8-9(13-7)12-6-11(4-5-11)10(15)14-8/h2-3H,4-6H2,1H3,(H,12,13)(H,14,15). The molecule has 1 fully saturated rings. The molecular formula is C11H13N3O. The van der Waals surface area contributed by atoms with Gasteiger partial charge in [0.05, 0.1) is 11.1 Å². The van der Waals surface area contributed by atoms with E-state index in [1.54, 1.807) is 0 Å². The maximum Gasteiger partial charge on any atom is 0.232 e. The first-order valence-electron chi connectivity index (χ1n) is 5.23. The van der Waals surface area contributed by atoms with Crippen LogP contribution < -0.4 is 10.6 Å². The Balaban J connectivity index is 2.00. The van der Waals surface area contributed by atoms with Crippen LogP contribution >= 0.6 is 0 Å². The number of anilines is 2. The lowest BCUT2D eigenvalue weighted by atomic mass is 10.1. The van der Waals surface area contributed by atoms with Crippen LogP contribution in [0, 0.1) is 12.3 Å². The van der Waals surface area contributed by atoms with Gasteiger partial charge in [-0.1, -0.05) is 0 Å². The molecule has 3 rings (SSSR count). The monoisotopic (exact) mass is 203 g/mol. The van der Waals surface area contributed by atoms with Gasteiger partial charge in [-0.05, 0) is 31.9 Å². The number of nitrogens with one attached hydrogen (secondary N) is 2. The van der Waals surface area contributed by atoms with Crippen LogP contribution in [0.1, 0.15) is 18.5 Å². The summed E-state index contributed by atoms with van der Waals surface area (Å²) in [6, 6.07) is 3.82. The van der Waals surface area contributed by atoms with Gasteiger partial charge >= 0.3 is 0 Å². The molecule has 0 radical (unpaired) electrons. The summed E-state index contributed by atoms with van der Waals surface area (Å²) in [6.07, 6.45) is 1.97. The van der Waals surface area contributed by atoms with Crippen molar-refractivity contribution in [3.63, 3.8) is 0 Å². The van der Waals surface area contributed by atoms with Gasteiger partial charge in [-0.2, -0.15) is 0 Å². The molecule has 0 bridgehead atoms. The molecule has 1 amide bonds. The largest absolute Gasteiger partial charge is 0.367 e. The van der Waals surface area contributed by atoms with Crippen LogP contribution in [0.25, 0.3) is 0 Å². The highest BCUT2D eigenvalue weighted by Gasteiger charge is 2.50. The number of carbonyl (C=O) groups excluding carboxylic acids is 1. The number of nitrogens with zero attached hydrogens (tertiary/aromatic N) is 1. The first kappa shape index (κ1) is 8.71. The van der Waals surface area contributed by atoms with Gasteiger partial charge < -0.3 is 10.6 Å². The second-order valence-electron chi connectivity index (χ2n) is 4.44. The van der Waals surface area contributed by atoms with Crippen LogP contribution in [-0.2, 0) is 4.79 Å². The van der Waals surface area contributed by atoms with E-state index < -0.39 is 0 Å². The minimum atomic E-state index is -0.158. The normalized spacial score (nSPS) is 21.3. The third-order valence-electron chi connectivity index (χ3n) is 3.21. The molecule has 0 atom stereocenters. The fourth-order valence-corrected chi connectivity index (χ4v) is 1.94. The second kappa shape index (κ2) is 2.72. The van der Waals surface area contributed by atoms with E-state index in [1.807, 2.05) is 19.1 Å². The SMILES string of the molecule is Cc1ccc2c(n1)NCC1(CC1)C(=O)N2. The lowest BCUT2D eigenvalue weighted by molar-refractivity contribution is -0.120. The summed E-state index contributed by atoms with van der Waals surface area (Å²) in [5.41, 5.74) is 1.60. The molecule has 2 aliphatic rings. The number of aromatic nitrogens is 1. The Morgan fingerprint density at radius 3 is 2.93 bits per heavy atom. The van der Waals surface area contributed by atoms with Gasteiger partial charge in [0.25, 0.3) is 0 Å². The Kier molecular flexibility index (Phi) is 1.58. The molecule has 2 N–H and O–H groups in total. The van der Waals surface area contributed by atoms with E-state index in [9.17, 15) is 4.79 Å². The summed E-state index contributed by atoms with van der Waals surface area (Å²) in [7, 11) is 0. The van der Waals surface area contributed by atoms with Crippen LogP contribution in [0.3, 0.4) is 0 Å². The molecule has 0 saturated heterocycles. The second-order valence-corrected chi connectivity index (χ2v) is 4.44. The molecule has 1 aromatic heterocycles. The van der Waals surface area contributed by atoms with Crippen LogP contribution in [-0.4, -0.2) is 17.4 Å². The molecule has 2 heterocycles. The zero-order valence-corrected chi connectivity index (χ0v) is 8.63. The molecule has 4 nitrogen and oxygen atoms in total.